The Kier molecular flexibility index (Phi) is 5.03. The molecule has 0 saturated heterocycles. The van der Waals surface area contributed by atoms with E-state index in [1.165, 1.54) is 0 Å². The molecule has 0 aliphatic rings. The molecule has 0 aromatic carbocycles. The van der Waals surface area contributed by atoms with E-state index in [1.807, 2.05) is 0 Å². The number of hydrogen-bond acceptors (Lipinski definition) is 3. The Morgan fingerprint density at radius 3 is 2.58 bits per heavy atom. The molecule has 0 aliphatic heterocycles. The molecule has 0 spiro atoms. The lowest BCUT2D eigenvalue weighted by molar-refractivity contribution is -0.137. The maximum absolute atomic E-state index is 10.8. The second-order valence-electron chi connectivity index (χ2n) is 2.58. The first-order chi connectivity index (χ1) is 5.54. The highest BCUT2D eigenvalue weighted by atomic mass is 16.4. The first-order valence-corrected chi connectivity index (χ1v) is 3.79. The third-order valence-electron chi connectivity index (χ3n) is 1.28. The second-order valence-corrected chi connectivity index (χ2v) is 2.58. The molecule has 4 N–H and O–H groups in total. The van der Waals surface area contributed by atoms with Crippen molar-refractivity contribution < 1.29 is 14.7 Å². The van der Waals surface area contributed by atoms with Crippen LogP contribution in [0.25, 0.3) is 0 Å². The van der Waals surface area contributed by atoms with Crippen molar-refractivity contribution in [1.29, 1.82) is 0 Å². The van der Waals surface area contributed by atoms with Gasteiger partial charge in [0, 0.05) is 13.0 Å². The van der Waals surface area contributed by atoms with Gasteiger partial charge in [0.15, 0.2) is 0 Å². The molecule has 0 aromatic heterocycles. The Labute approximate surface area is 70.9 Å². The van der Waals surface area contributed by atoms with E-state index in [9.17, 15) is 9.59 Å². The number of carboxylic acid groups (broad SMARTS) is 1. The third-order valence-corrected chi connectivity index (χ3v) is 1.28. The molecule has 70 valence electrons. The predicted molar refractivity (Wildman–Crippen MR) is 43.5 cm³/mol. The van der Waals surface area contributed by atoms with Crippen LogP contribution in [0.15, 0.2) is 0 Å². The maximum Gasteiger partial charge on any atom is 0.303 e. The monoisotopic (exact) mass is 174 g/mol. The molecule has 0 aromatic rings. The number of rotatable bonds is 5. The fraction of sp³-hybridized carbons (Fsp3) is 0.714. The minimum atomic E-state index is -0.856. The quantitative estimate of drug-likeness (QED) is 0.481. The molecular formula is C7H14N2O3. The molecule has 0 radical (unpaired) electrons. The van der Waals surface area contributed by atoms with Crippen molar-refractivity contribution in [2.75, 3.05) is 6.54 Å². The molecule has 0 fully saturated rings. The summed E-state index contributed by atoms with van der Waals surface area (Å²) < 4.78 is 0. The predicted octanol–water partition coefficient (Wildman–Crippen LogP) is -0.685. The Morgan fingerprint density at radius 2 is 2.17 bits per heavy atom. The van der Waals surface area contributed by atoms with Crippen LogP contribution in [-0.4, -0.2) is 29.6 Å². The average Bonchev–Trinajstić information content (AvgIpc) is 1.97. The van der Waals surface area contributed by atoms with Crippen LogP contribution in [0.4, 0.5) is 0 Å². The number of carbonyl (C=O) groups is 2. The number of carboxylic acids is 1. The zero-order valence-electron chi connectivity index (χ0n) is 7.04. The van der Waals surface area contributed by atoms with E-state index in [2.05, 4.69) is 5.32 Å². The number of amides is 1. The molecule has 5 heteroatoms. The van der Waals surface area contributed by atoms with Crippen molar-refractivity contribution in [3.8, 4) is 0 Å². The van der Waals surface area contributed by atoms with Gasteiger partial charge in [0.1, 0.15) is 0 Å². The van der Waals surface area contributed by atoms with Gasteiger partial charge >= 0.3 is 5.97 Å². The highest BCUT2D eigenvalue weighted by Crippen LogP contribution is 1.86. The number of hydrogen-bond donors (Lipinski definition) is 3. The van der Waals surface area contributed by atoms with Crippen LogP contribution >= 0.6 is 0 Å². The Bertz CT molecular complexity index is 168. The Morgan fingerprint density at radius 1 is 1.58 bits per heavy atom. The first-order valence-electron chi connectivity index (χ1n) is 3.79. The van der Waals surface area contributed by atoms with Gasteiger partial charge in [0.25, 0.3) is 0 Å². The largest absolute Gasteiger partial charge is 0.481 e. The van der Waals surface area contributed by atoms with Gasteiger partial charge in [-0.25, -0.2) is 0 Å². The lowest BCUT2D eigenvalue weighted by Gasteiger charge is -2.05. The highest BCUT2D eigenvalue weighted by Gasteiger charge is 2.05. The molecule has 0 heterocycles. The van der Waals surface area contributed by atoms with Crippen molar-refractivity contribution in [3.05, 3.63) is 0 Å². The van der Waals surface area contributed by atoms with Crippen LogP contribution in [0, 0.1) is 0 Å². The lowest BCUT2D eigenvalue weighted by atomic mass is 10.3. The van der Waals surface area contributed by atoms with Gasteiger partial charge in [-0.15, -0.1) is 0 Å². The summed E-state index contributed by atoms with van der Waals surface area (Å²) in [6, 6.07) is -0.533. The number of carbonyl (C=O) groups excluding carboxylic acids is 1. The van der Waals surface area contributed by atoms with Crippen molar-refractivity contribution in [3.63, 3.8) is 0 Å². The first kappa shape index (κ1) is 10.9. The van der Waals surface area contributed by atoms with E-state index in [-0.39, 0.29) is 12.3 Å². The van der Waals surface area contributed by atoms with Gasteiger partial charge in [-0.05, 0) is 13.3 Å². The smallest absolute Gasteiger partial charge is 0.303 e. The molecule has 0 aliphatic carbocycles. The van der Waals surface area contributed by atoms with Gasteiger partial charge < -0.3 is 16.2 Å². The highest BCUT2D eigenvalue weighted by molar-refractivity contribution is 5.80. The summed E-state index contributed by atoms with van der Waals surface area (Å²) in [6.45, 7) is 1.94. The van der Waals surface area contributed by atoms with Crippen LogP contribution in [-0.2, 0) is 9.59 Å². The summed E-state index contributed by atoms with van der Waals surface area (Å²) in [5.41, 5.74) is 5.25. The van der Waals surface area contributed by atoms with E-state index in [0.717, 1.165) is 0 Å². The van der Waals surface area contributed by atoms with Gasteiger partial charge in [-0.1, -0.05) is 0 Å². The molecule has 0 unspecified atom stereocenters. The van der Waals surface area contributed by atoms with E-state index in [4.69, 9.17) is 10.8 Å². The van der Waals surface area contributed by atoms with E-state index in [1.54, 1.807) is 6.92 Å². The summed E-state index contributed by atoms with van der Waals surface area (Å²) in [5, 5.41) is 10.8. The number of aliphatic carboxylic acids is 1. The van der Waals surface area contributed by atoms with E-state index in [0.29, 0.717) is 13.0 Å². The standard InChI is InChI=1S/C7H14N2O3/c1-5(8)7(12)9-4-2-3-6(10)11/h5H,2-4,8H2,1H3,(H,9,12)(H,10,11)/t5-/m1/s1. The zero-order chi connectivity index (χ0) is 9.56. The average molecular weight is 174 g/mol. The van der Waals surface area contributed by atoms with Gasteiger partial charge in [-0.3, -0.25) is 9.59 Å². The summed E-state index contributed by atoms with van der Waals surface area (Å²) in [6.07, 6.45) is 0.507. The SMILES string of the molecule is C[C@@H](N)C(=O)NCCCC(=O)O. The lowest BCUT2D eigenvalue weighted by Crippen LogP contribution is -2.38. The van der Waals surface area contributed by atoms with Crippen molar-refractivity contribution in [1.82, 2.24) is 5.32 Å². The zero-order valence-corrected chi connectivity index (χ0v) is 7.04. The minimum Gasteiger partial charge on any atom is -0.481 e. The van der Waals surface area contributed by atoms with Gasteiger partial charge in [0.2, 0.25) is 5.91 Å². The van der Waals surface area contributed by atoms with Crippen LogP contribution in [0.1, 0.15) is 19.8 Å². The summed E-state index contributed by atoms with van der Waals surface area (Å²) in [4.78, 5) is 20.8. The molecule has 12 heavy (non-hydrogen) atoms. The molecule has 1 amide bonds. The topological polar surface area (TPSA) is 92.4 Å². The summed E-state index contributed by atoms with van der Waals surface area (Å²) in [7, 11) is 0. The third kappa shape index (κ3) is 5.67. The molecule has 5 nitrogen and oxygen atoms in total. The number of nitrogens with one attached hydrogen (secondary N) is 1. The molecule has 0 saturated carbocycles. The molecule has 0 bridgehead atoms. The molecule has 1 atom stereocenters. The van der Waals surface area contributed by atoms with Crippen LogP contribution in [0.3, 0.4) is 0 Å². The minimum absolute atomic E-state index is 0.0687. The van der Waals surface area contributed by atoms with Gasteiger partial charge in [0.05, 0.1) is 6.04 Å². The van der Waals surface area contributed by atoms with Crippen molar-refractivity contribution in [2.45, 2.75) is 25.8 Å². The molecular weight excluding hydrogens is 160 g/mol. The fourth-order valence-electron chi connectivity index (χ4n) is 0.612. The summed E-state index contributed by atoms with van der Waals surface area (Å²) >= 11 is 0. The Balaban J connectivity index is 3.32. The maximum atomic E-state index is 10.8. The van der Waals surface area contributed by atoms with Crippen LogP contribution in [0.5, 0.6) is 0 Å². The molecule has 0 rings (SSSR count). The van der Waals surface area contributed by atoms with E-state index >= 15 is 0 Å². The van der Waals surface area contributed by atoms with Crippen LogP contribution < -0.4 is 11.1 Å². The Hall–Kier alpha value is -1.10. The summed E-state index contributed by atoms with van der Waals surface area (Å²) in [5.74, 6) is -1.11. The van der Waals surface area contributed by atoms with Crippen LogP contribution in [0.2, 0.25) is 0 Å². The van der Waals surface area contributed by atoms with Crippen molar-refractivity contribution >= 4 is 11.9 Å². The van der Waals surface area contributed by atoms with Crippen molar-refractivity contribution in [2.24, 2.45) is 5.73 Å². The number of nitrogens with two attached hydrogens (primary N) is 1. The second kappa shape index (κ2) is 5.54. The normalized spacial score (nSPS) is 12.2. The van der Waals surface area contributed by atoms with E-state index < -0.39 is 12.0 Å². The van der Waals surface area contributed by atoms with Gasteiger partial charge in [-0.2, -0.15) is 0 Å². The fourth-order valence-corrected chi connectivity index (χ4v) is 0.612.